The minimum Gasteiger partial charge on any atom is -0.302 e. The van der Waals surface area contributed by atoms with Crippen molar-refractivity contribution in [2.75, 3.05) is 37.3 Å². The summed E-state index contributed by atoms with van der Waals surface area (Å²) in [4.78, 5) is 22.3. The number of sulfone groups is 2. The van der Waals surface area contributed by atoms with Gasteiger partial charge < -0.3 is 4.90 Å². The van der Waals surface area contributed by atoms with Crippen LogP contribution in [0.3, 0.4) is 0 Å². The van der Waals surface area contributed by atoms with Crippen LogP contribution < -0.4 is 4.90 Å². The Hall–Kier alpha value is -2.34. The van der Waals surface area contributed by atoms with Crippen molar-refractivity contribution in [2.24, 2.45) is 0 Å². The molecule has 0 aliphatic carbocycles. The molecule has 2 aromatic carbocycles. The maximum absolute atomic E-state index is 13.6. The Morgan fingerprint density at radius 3 is 2.09 bits per heavy atom. The number of likely N-dealkylation sites (N-methyl/N-ethyl adjacent to an activating group) is 1. The fourth-order valence-corrected chi connectivity index (χ4v) is 6.33. The summed E-state index contributed by atoms with van der Waals surface area (Å²) >= 11 is 1.25. The quantitative estimate of drug-likeness (QED) is 0.387. The zero-order chi connectivity index (χ0) is 26.0. The van der Waals surface area contributed by atoms with Crippen molar-refractivity contribution in [3.63, 3.8) is 0 Å². The van der Waals surface area contributed by atoms with E-state index < -0.39 is 24.9 Å². The van der Waals surface area contributed by atoms with Crippen molar-refractivity contribution in [1.82, 2.24) is 9.88 Å². The Morgan fingerprint density at radius 2 is 1.54 bits per heavy atom. The van der Waals surface area contributed by atoms with Gasteiger partial charge in [0.25, 0.3) is 5.91 Å². The molecule has 11 heteroatoms. The summed E-state index contributed by atoms with van der Waals surface area (Å²) in [7, 11) is -6.82. The molecule has 0 aliphatic heterocycles. The summed E-state index contributed by atoms with van der Waals surface area (Å²) in [5.41, 5.74) is 0.958. The molecule has 0 aliphatic rings. The van der Waals surface area contributed by atoms with Crippen LogP contribution in [0.15, 0.2) is 52.3 Å². The molecule has 0 radical (unpaired) electrons. The minimum atomic E-state index is -3.44. The van der Waals surface area contributed by atoms with E-state index >= 15 is 0 Å². The highest BCUT2D eigenvalue weighted by atomic mass is 32.2. The summed E-state index contributed by atoms with van der Waals surface area (Å²) < 4.78 is 49.5. The minimum absolute atomic E-state index is 0.173. The Bertz CT molecular complexity index is 1410. The summed E-state index contributed by atoms with van der Waals surface area (Å²) in [6.45, 7) is 10.0. The van der Waals surface area contributed by atoms with Crippen LogP contribution in [0, 0.1) is 0 Å². The number of carbonyl (C=O) groups is 1. The highest BCUT2D eigenvalue weighted by Gasteiger charge is 2.24. The third-order valence-corrected chi connectivity index (χ3v) is 10.2. The standard InChI is InChI=1S/C24H31N3O5S3/c1-6-26(7-2)14-15-27(23(28)18-8-10-19(11-9-18)35(31,32)17(3)4)24-25-21-13-12-20(34(5,29)30)16-22(21)33-24/h8-13,16-17H,6-7,14-15H2,1-5H3. The highest BCUT2D eigenvalue weighted by Crippen LogP contribution is 2.31. The number of aromatic nitrogens is 1. The third kappa shape index (κ3) is 6.08. The number of hydrogen-bond donors (Lipinski definition) is 0. The first kappa shape index (κ1) is 27.3. The van der Waals surface area contributed by atoms with E-state index in [4.69, 9.17) is 0 Å². The lowest BCUT2D eigenvalue weighted by molar-refractivity contribution is 0.0983. The second-order valence-electron chi connectivity index (χ2n) is 8.50. The number of benzene rings is 2. The fourth-order valence-electron chi connectivity index (χ4n) is 3.52. The van der Waals surface area contributed by atoms with Crippen LogP contribution in [0.25, 0.3) is 10.2 Å². The first-order valence-electron chi connectivity index (χ1n) is 11.4. The summed E-state index contributed by atoms with van der Waals surface area (Å²) in [6.07, 6.45) is 1.15. The molecule has 1 heterocycles. The van der Waals surface area contributed by atoms with Gasteiger partial charge in [-0.05, 0) is 69.4 Å². The molecule has 3 rings (SSSR count). The van der Waals surface area contributed by atoms with Gasteiger partial charge in [0.05, 0.1) is 25.3 Å². The molecule has 1 aromatic heterocycles. The highest BCUT2D eigenvalue weighted by molar-refractivity contribution is 7.92. The molecule has 0 saturated carbocycles. The third-order valence-electron chi connectivity index (χ3n) is 5.84. The van der Waals surface area contributed by atoms with Gasteiger partial charge in [-0.3, -0.25) is 9.69 Å². The molecule has 1 amide bonds. The molecular weight excluding hydrogens is 506 g/mol. The molecule has 0 fully saturated rings. The number of nitrogens with zero attached hydrogens (tertiary/aromatic N) is 3. The molecule has 0 atom stereocenters. The van der Waals surface area contributed by atoms with E-state index in [0.29, 0.717) is 34.0 Å². The van der Waals surface area contributed by atoms with Gasteiger partial charge >= 0.3 is 0 Å². The van der Waals surface area contributed by atoms with Crippen LogP contribution in [0.2, 0.25) is 0 Å². The van der Waals surface area contributed by atoms with E-state index in [2.05, 4.69) is 9.88 Å². The van der Waals surface area contributed by atoms with Gasteiger partial charge in [-0.2, -0.15) is 0 Å². The van der Waals surface area contributed by atoms with Crippen molar-refractivity contribution in [1.29, 1.82) is 0 Å². The van der Waals surface area contributed by atoms with Crippen molar-refractivity contribution in [3.8, 4) is 0 Å². The van der Waals surface area contributed by atoms with Gasteiger partial charge in [-0.25, -0.2) is 21.8 Å². The van der Waals surface area contributed by atoms with E-state index in [1.807, 2.05) is 13.8 Å². The molecule has 35 heavy (non-hydrogen) atoms. The van der Waals surface area contributed by atoms with E-state index in [9.17, 15) is 21.6 Å². The van der Waals surface area contributed by atoms with Crippen molar-refractivity contribution in [3.05, 3.63) is 48.0 Å². The number of hydrogen-bond acceptors (Lipinski definition) is 8. The number of fused-ring (bicyclic) bond motifs is 1. The molecule has 0 saturated heterocycles. The topological polar surface area (TPSA) is 105 Å². The summed E-state index contributed by atoms with van der Waals surface area (Å²) in [6, 6.07) is 10.7. The predicted molar refractivity (Wildman–Crippen MR) is 141 cm³/mol. The van der Waals surface area contributed by atoms with E-state index in [1.54, 1.807) is 30.9 Å². The van der Waals surface area contributed by atoms with Crippen LogP contribution >= 0.6 is 11.3 Å². The number of amides is 1. The second kappa shape index (κ2) is 10.7. The van der Waals surface area contributed by atoms with Gasteiger partial charge in [-0.15, -0.1) is 0 Å². The van der Waals surface area contributed by atoms with Gasteiger partial charge in [-0.1, -0.05) is 25.2 Å². The van der Waals surface area contributed by atoms with Crippen LogP contribution in [0.4, 0.5) is 5.13 Å². The molecular formula is C24H31N3O5S3. The zero-order valence-electron chi connectivity index (χ0n) is 20.6. The summed E-state index contributed by atoms with van der Waals surface area (Å²) in [5.74, 6) is -0.298. The molecule has 3 aromatic rings. The Balaban J connectivity index is 2.00. The van der Waals surface area contributed by atoms with E-state index in [1.165, 1.54) is 41.7 Å². The van der Waals surface area contributed by atoms with Gasteiger partial charge in [0, 0.05) is 24.9 Å². The second-order valence-corrected chi connectivity index (χ2v) is 14.0. The van der Waals surface area contributed by atoms with E-state index in [0.717, 1.165) is 19.3 Å². The van der Waals surface area contributed by atoms with Gasteiger partial charge in [0.15, 0.2) is 24.8 Å². The number of thiazole rings is 1. The lowest BCUT2D eigenvalue weighted by Gasteiger charge is -2.24. The molecule has 0 spiro atoms. The average molecular weight is 538 g/mol. The fraction of sp³-hybridized carbons (Fsp3) is 0.417. The largest absolute Gasteiger partial charge is 0.302 e. The zero-order valence-corrected chi connectivity index (χ0v) is 23.0. The first-order valence-corrected chi connectivity index (χ1v) is 15.6. The molecule has 190 valence electrons. The smallest absolute Gasteiger partial charge is 0.260 e. The van der Waals surface area contributed by atoms with Crippen molar-refractivity contribution in [2.45, 2.75) is 42.7 Å². The number of anilines is 1. The SMILES string of the molecule is CCN(CC)CCN(C(=O)c1ccc(S(=O)(=O)C(C)C)cc1)c1nc2ccc(S(C)(=O)=O)cc2s1. The lowest BCUT2D eigenvalue weighted by Crippen LogP contribution is -2.38. The molecule has 0 N–H and O–H groups in total. The van der Waals surface area contributed by atoms with Crippen LogP contribution in [-0.4, -0.2) is 70.3 Å². The van der Waals surface area contributed by atoms with Crippen LogP contribution in [-0.2, 0) is 19.7 Å². The van der Waals surface area contributed by atoms with Crippen LogP contribution in [0.1, 0.15) is 38.1 Å². The van der Waals surface area contributed by atoms with E-state index in [-0.39, 0.29) is 15.7 Å². The maximum atomic E-state index is 13.6. The number of carbonyl (C=O) groups excluding carboxylic acids is 1. The van der Waals surface area contributed by atoms with Crippen LogP contribution in [0.5, 0.6) is 0 Å². The first-order chi connectivity index (χ1) is 16.4. The summed E-state index contributed by atoms with van der Waals surface area (Å²) in [5, 5.41) is -0.101. The van der Waals surface area contributed by atoms with Gasteiger partial charge in [0.1, 0.15) is 0 Å². The van der Waals surface area contributed by atoms with Crippen molar-refractivity contribution < 1.29 is 21.6 Å². The Morgan fingerprint density at radius 1 is 0.943 bits per heavy atom. The Kier molecular flexibility index (Phi) is 8.36. The molecule has 8 nitrogen and oxygen atoms in total. The average Bonchev–Trinajstić information content (AvgIpc) is 3.24. The molecule has 0 bridgehead atoms. The molecule has 0 unspecified atom stereocenters. The van der Waals surface area contributed by atoms with Crippen molar-refractivity contribution >= 4 is 52.3 Å². The number of rotatable bonds is 10. The maximum Gasteiger partial charge on any atom is 0.260 e. The predicted octanol–water partition coefficient (Wildman–Crippen LogP) is 3.87. The van der Waals surface area contributed by atoms with Gasteiger partial charge in [0.2, 0.25) is 0 Å². The lowest BCUT2D eigenvalue weighted by atomic mass is 10.2. The monoisotopic (exact) mass is 537 g/mol. The Labute approximate surface area is 211 Å². The normalized spacial score (nSPS) is 12.5.